The topological polar surface area (TPSA) is 52.5 Å². The molecule has 0 aliphatic heterocycles. The van der Waals surface area contributed by atoms with E-state index in [2.05, 4.69) is 28.2 Å². The van der Waals surface area contributed by atoms with Crippen molar-refractivity contribution in [3.8, 4) is 5.75 Å². The number of nitrogens with one attached hydrogen (secondary N) is 1. The summed E-state index contributed by atoms with van der Waals surface area (Å²) in [5.74, 6) is 0.228. The number of aromatic nitrogens is 1. The van der Waals surface area contributed by atoms with Crippen LogP contribution in [0.1, 0.15) is 29.0 Å². The molecule has 176 valence electrons. The Balaban J connectivity index is 1.77. The van der Waals surface area contributed by atoms with E-state index in [1.54, 1.807) is 26.4 Å². The van der Waals surface area contributed by atoms with Crippen LogP contribution in [0.25, 0.3) is 10.9 Å². The Morgan fingerprint density at radius 1 is 0.971 bits per heavy atom. The Bertz CT molecular complexity index is 1250. The largest absolute Gasteiger partial charge is 0.496 e. The summed E-state index contributed by atoms with van der Waals surface area (Å²) in [5, 5.41) is 4.02. The number of rotatable bonds is 10. The van der Waals surface area contributed by atoms with Gasteiger partial charge in [0.1, 0.15) is 11.6 Å². The number of hydrogen-bond acceptors (Lipinski definition) is 3. The molecule has 6 heteroatoms. The molecular formula is C28H29FN2O3. The molecular weight excluding hydrogens is 431 g/mol. The number of hydrogen-bond donors (Lipinski definition) is 1. The summed E-state index contributed by atoms with van der Waals surface area (Å²) >= 11 is 0. The lowest BCUT2D eigenvalue weighted by atomic mass is 9.87. The van der Waals surface area contributed by atoms with Gasteiger partial charge in [0.2, 0.25) is 5.91 Å². The van der Waals surface area contributed by atoms with Gasteiger partial charge in [-0.15, -0.1) is 0 Å². The van der Waals surface area contributed by atoms with Gasteiger partial charge in [0, 0.05) is 55.2 Å². The van der Waals surface area contributed by atoms with E-state index in [4.69, 9.17) is 9.47 Å². The second kappa shape index (κ2) is 11.0. The lowest BCUT2D eigenvalue weighted by molar-refractivity contribution is -0.121. The first-order valence-electron chi connectivity index (χ1n) is 11.3. The Labute approximate surface area is 199 Å². The van der Waals surface area contributed by atoms with Crippen molar-refractivity contribution in [2.45, 2.75) is 18.9 Å². The van der Waals surface area contributed by atoms with Crippen LogP contribution < -0.4 is 10.1 Å². The number of halogens is 1. The minimum atomic E-state index is -0.252. The van der Waals surface area contributed by atoms with Gasteiger partial charge in [0.15, 0.2) is 0 Å². The third kappa shape index (κ3) is 5.29. The van der Waals surface area contributed by atoms with Gasteiger partial charge in [-0.1, -0.05) is 48.5 Å². The third-order valence-corrected chi connectivity index (χ3v) is 5.99. The number of benzene rings is 3. The summed E-state index contributed by atoms with van der Waals surface area (Å²) in [6.07, 6.45) is 2.38. The van der Waals surface area contributed by atoms with Crippen molar-refractivity contribution in [1.82, 2.24) is 9.88 Å². The highest BCUT2D eigenvalue weighted by molar-refractivity contribution is 5.87. The van der Waals surface area contributed by atoms with Crippen molar-refractivity contribution in [2.75, 3.05) is 27.4 Å². The van der Waals surface area contributed by atoms with Crippen LogP contribution in [-0.4, -0.2) is 37.8 Å². The fraction of sp³-hybridized carbons (Fsp3) is 0.250. The van der Waals surface area contributed by atoms with Crippen LogP contribution in [-0.2, 0) is 16.1 Å². The van der Waals surface area contributed by atoms with Crippen LogP contribution in [0.3, 0.4) is 0 Å². The fourth-order valence-corrected chi connectivity index (χ4v) is 4.36. The zero-order valence-corrected chi connectivity index (χ0v) is 19.5. The maximum Gasteiger partial charge on any atom is 0.221 e. The van der Waals surface area contributed by atoms with Crippen molar-refractivity contribution in [3.63, 3.8) is 0 Å². The molecule has 3 aromatic carbocycles. The molecule has 1 N–H and O–H groups in total. The number of fused-ring (bicyclic) bond motifs is 1. The second-order valence-electron chi connectivity index (χ2n) is 8.20. The van der Waals surface area contributed by atoms with E-state index in [-0.39, 0.29) is 24.1 Å². The van der Waals surface area contributed by atoms with Crippen LogP contribution in [0.5, 0.6) is 5.75 Å². The first kappa shape index (κ1) is 23.5. The van der Waals surface area contributed by atoms with Crippen molar-refractivity contribution < 1.29 is 18.7 Å². The molecule has 0 spiro atoms. The predicted octanol–water partition coefficient (Wildman–Crippen LogP) is 5.12. The molecule has 1 heterocycles. The van der Waals surface area contributed by atoms with E-state index in [9.17, 15) is 9.18 Å². The lowest BCUT2D eigenvalue weighted by Gasteiger charge is -2.20. The van der Waals surface area contributed by atoms with E-state index in [1.807, 2.05) is 36.4 Å². The number of ether oxygens (including phenoxy) is 2. The molecule has 1 atom stereocenters. The molecule has 0 bridgehead atoms. The van der Waals surface area contributed by atoms with E-state index >= 15 is 0 Å². The lowest BCUT2D eigenvalue weighted by Crippen LogP contribution is -2.28. The Morgan fingerprint density at radius 3 is 2.47 bits per heavy atom. The molecule has 1 aromatic heterocycles. The minimum Gasteiger partial charge on any atom is -0.496 e. The van der Waals surface area contributed by atoms with Crippen LogP contribution in [0.4, 0.5) is 4.39 Å². The van der Waals surface area contributed by atoms with E-state index in [0.29, 0.717) is 19.7 Å². The molecule has 1 amide bonds. The second-order valence-corrected chi connectivity index (χ2v) is 8.20. The van der Waals surface area contributed by atoms with E-state index in [1.165, 1.54) is 12.1 Å². The van der Waals surface area contributed by atoms with Gasteiger partial charge < -0.3 is 19.4 Å². The van der Waals surface area contributed by atoms with Gasteiger partial charge in [-0.2, -0.15) is 0 Å². The number of amides is 1. The number of methoxy groups -OCH3 is 2. The number of carbonyl (C=O) groups excluding carboxylic acids is 1. The molecule has 0 saturated carbocycles. The molecule has 0 unspecified atom stereocenters. The normalized spacial score (nSPS) is 12.0. The summed E-state index contributed by atoms with van der Waals surface area (Å²) < 4.78 is 26.3. The molecule has 4 rings (SSSR count). The van der Waals surface area contributed by atoms with Gasteiger partial charge in [-0.25, -0.2) is 4.39 Å². The Morgan fingerprint density at radius 2 is 1.71 bits per heavy atom. The highest BCUT2D eigenvalue weighted by Crippen LogP contribution is 2.38. The summed E-state index contributed by atoms with van der Waals surface area (Å²) in [5.41, 5.74) is 4.06. The number of para-hydroxylation sites is 2. The highest BCUT2D eigenvalue weighted by atomic mass is 19.1. The average Bonchev–Trinajstić information content (AvgIpc) is 3.22. The molecule has 0 aliphatic carbocycles. The molecule has 5 nitrogen and oxygen atoms in total. The first-order chi connectivity index (χ1) is 16.6. The monoisotopic (exact) mass is 460 g/mol. The zero-order valence-electron chi connectivity index (χ0n) is 19.5. The summed E-state index contributed by atoms with van der Waals surface area (Å²) in [6.45, 7) is 1.52. The quantitative estimate of drug-likeness (QED) is 0.334. The maximum atomic E-state index is 13.4. The van der Waals surface area contributed by atoms with Crippen LogP contribution >= 0.6 is 0 Å². The smallest absolute Gasteiger partial charge is 0.221 e. The molecule has 4 aromatic rings. The molecule has 34 heavy (non-hydrogen) atoms. The molecule has 0 saturated heterocycles. The Hall–Kier alpha value is -3.64. The third-order valence-electron chi connectivity index (χ3n) is 5.99. The molecule has 0 radical (unpaired) electrons. The average molecular weight is 461 g/mol. The number of carbonyl (C=O) groups is 1. The van der Waals surface area contributed by atoms with Crippen LogP contribution in [0.15, 0.2) is 79.0 Å². The number of nitrogens with zero attached hydrogens (tertiary/aromatic N) is 1. The fourth-order valence-electron chi connectivity index (χ4n) is 4.36. The zero-order chi connectivity index (χ0) is 23.9. The van der Waals surface area contributed by atoms with Crippen LogP contribution in [0.2, 0.25) is 0 Å². The van der Waals surface area contributed by atoms with Crippen LogP contribution in [0, 0.1) is 5.82 Å². The maximum absolute atomic E-state index is 13.4. The van der Waals surface area contributed by atoms with Crippen molar-refractivity contribution in [3.05, 3.63) is 102 Å². The summed E-state index contributed by atoms with van der Waals surface area (Å²) in [7, 11) is 3.26. The van der Waals surface area contributed by atoms with Crippen molar-refractivity contribution >= 4 is 16.8 Å². The Kier molecular flexibility index (Phi) is 7.60. The SMILES string of the molecule is COCCNC(=O)C[C@H](c1ccccc1OC)c1cn(Cc2ccc(F)cc2)c2ccccc12. The standard InChI is InChI=1S/C28H29FN2O3/c1-33-16-15-30-28(32)17-24(23-8-4-6-10-27(23)34-2)25-19-31(26-9-5-3-7-22(25)26)18-20-11-13-21(29)14-12-20/h3-14,19,24H,15-18H2,1-2H3,(H,30,32)/t24-/m1/s1. The van der Waals surface area contributed by atoms with Gasteiger partial charge in [0.25, 0.3) is 0 Å². The summed E-state index contributed by atoms with van der Waals surface area (Å²) in [4.78, 5) is 12.9. The molecule has 0 fully saturated rings. The van der Waals surface area contributed by atoms with Gasteiger partial charge in [-0.3, -0.25) is 4.79 Å². The minimum absolute atomic E-state index is 0.0525. The van der Waals surface area contributed by atoms with E-state index in [0.717, 1.165) is 33.3 Å². The van der Waals surface area contributed by atoms with Crippen molar-refractivity contribution in [1.29, 1.82) is 0 Å². The van der Waals surface area contributed by atoms with Gasteiger partial charge >= 0.3 is 0 Å². The first-order valence-corrected chi connectivity index (χ1v) is 11.3. The predicted molar refractivity (Wildman–Crippen MR) is 132 cm³/mol. The summed E-state index contributed by atoms with van der Waals surface area (Å²) in [6, 6.07) is 22.5. The van der Waals surface area contributed by atoms with Gasteiger partial charge in [-0.05, 0) is 35.4 Å². The van der Waals surface area contributed by atoms with Gasteiger partial charge in [0.05, 0.1) is 13.7 Å². The van der Waals surface area contributed by atoms with Crippen molar-refractivity contribution in [2.24, 2.45) is 0 Å². The molecule has 0 aliphatic rings. The van der Waals surface area contributed by atoms with E-state index < -0.39 is 0 Å². The highest BCUT2D eigenvalue weighted by Gasteiger charge is 2.25.